The Kier molecular flexibility index (Phi) is 6.39. The Bertz CT molecular complexity index is 446. The van der Waals surface area contributed by atoms with E-state index in [-0.39, 0.29) is 29.4 Å². The highest BCUT2D eigenvalue weighted by molar-refractivity contribution is 14.0. The zero-order chi connectivity index (χ0) is 13.0. The van der Waals surface area contributed by atoms with Crippen LogP contribution in [0.2, 0.25) is 5.02 Å². The molecule has 0 saturated carbocycles. The van der Waals surface area contributed by atoms with Crippen LogP contribution in [0, 0.1) is 0 Å². The van der Waals surface area contributed by atoms with Crippen molar-refractivity contribution in [3.05, 3.63) is 34.9 Å². The molecule has 1 aromatic carbocycles. The average Bonchev–Trinajstić information content (AvgIpc) is 2.38. The first-order valence-corrected chi connectivity index (χ1v) is 6.74. The Hall–Kier alpha value is -0.490. The Morgan fingerprint density at radius 2 is 2.11 bits per heavy atom. The minimum atomic E-state index is -0.0278. The third-order valence-electron chi connectivity index (χ3n) is 3.20. The molecule has 0 aliphatic carbocycles. The molecule has 106 valence electrons. The van der Waals surface area contributed by atoms with E-state index in [1.807, 2.05) is 18.2 Å². The second-order valence-electron chi connectivity index (χ2n) is 5.23. The van der Waals surface area contributed by atoms with Crippen molar-refractivity contribution in [3.63, 3.8) is 0 Å². The zero-order valence-corrected chi connectivity index (χ0v) is 14.5. The molecular weight excluding hydrogens is 373 g/mol. The van der Waals surface area contributed by atoms with Gasteiger partial charge in [-0.2, -0.15) is 0 Å². The topological polar surface area (TPSA) is 36.4 Å². The fourth-order valence-corrected chi connectivity index (χ4v) is 2.45. The number of aliphatic imine (C=N–C) groups is 1. The SMILES string of the molecule is CC(C)(CNC1=NCCCN1)c1ccccc1Cl.I. The van der Waals surface area contributed by atoms with E-state index >= 15 is 0 Å². The highest BCUT2D eigenvalue weighted by Crippen LogP contribution is 2.28. The first-order chi connectivity index (χ1) is 8.59. The van der Waals surface area contributed by atoms with Crippen molar-refractivity contribution in [1.82, 2.24) is 10.6 Å². The molecule has 0 bridgehead atoms. The Labute approximate surface area is 137 Å². The van der Waals surface area contributed by atoms with Crippen LogP contribution in [0.5, 0.6) is 0 Å². The van der Waals surface area contributed by atoms with Gasteiger partial charge in [-0.05, 0) is 18.1 Å². The summed E-state index contributed by atoms with van der Waals surface area (Å²) in [4.78, 5) is 4.41. The second-order valence-corrected chi connectivity index (χ2v) is 5.64. The highest BCUT2D eigenvalue weighted by Gasteiger charge is 2.23. The number of benzene rings is 1. The van der Waals surface area contributed by atoms with Gasteiger partial charge in [0.2, 0.25) is 0 Å². The molecule has 19 heavy (non-hydrogen) atoms. The number of nitrogens with zero attached hydrogens (tertiary/aromatic N) is 1. The van der Waals surface area contributed by atoms with Gasteiger partial charge in [-0.25, -0.2) is 0 Å². The predicted octanol–water partition coefficient (Wildman–Crippen LogP) is 3.17. The molecule has 1 aromatic rings. The number of rotatable bonds is 3. The molecule has 0 fully saturated rings. The summed E-state index contributed by atoms with van der Waals surface area (Å²) in [5.74, 6) is 0.904. The molecule has 0 aromatic heterocycles. The Morgan fingerprint density at radius 3 is 2.74 bits per heavy atom. The summed E-state index contributed by atoms with van der Waals surface area (Å²) in [6, 6.07) is 8.01. The molecular formula is C14H21ClIN3. The van der Waals surface area contributed by atoms with Crippen LogP contribution in [0.25, 0.3) is 0 Å². The Balaban J connectivity index is 0.00000180. The summed E-state index contributed by atoms with van der Waals surface area (Å²) in [5, 5.41) is 7.45. The molecule has 0 saturated heterocycles. The van der Waals surface area contributed by atoms with Crippen molar-refractivity contribution in [2.75, 3.05) is 19.6 Å². The lowest BCUT2D eigenvalue weighted by Gasteiger charge is -2.28. The lowest BCUT2D eigenvalue weighted by molar-refractivity contribution is 0.506. The number of hydrogen-bond acceptors (Lipinski definition) is 3. The van der Waals surface area contributed by atoms with Gasteiger partial charge in [0, 0.05) is 30.1 Å². The van der Waals surface area contributed by atoms with E-state index in [9.17, 15) is 0 Å². The maximum Gasteiger partial charge on any atom is 0.191 e. The lowest BCUT2D eigenvalue weighted by atomic mass is 9.84. The molecule has 2 N–H and O–H groups in total. The van der Waals surface area contributed by atoms with Crippen LogP contribution < -0.4 is 10.6 Å². The maximum absolute atomic E-state index is 6.26. The minimum Gasteiger partial charge on any atom is -0.356 e. The van der Waals surface area contributed by atoms with Gasteiger partial charge in [0.05, 0.1) is 0 Å². The van der Waals surface area contributed by atoms with Crippen LogP contribution in [0.15, 0.2) is 29.3 Å². The highest BCUT2D eigenvalue weighted by atomic mass is 127. The van der Waals surface area contributed by atoms with Crippen LogP contribution in [0.4, 0.5) is 0 Å². The zero-order valence-electron chi connectivity index (χ0n) is 11.4. The van der Waals surface area contributed by atoms with Crippen LogP contribution in [0.3, 0.4) is 0 Å². The first-order valence-electron chi connectivity index (χ1n) is 6.37. The molecule has 0 atom stereocenters. The summed E-state index contributed by atoms with van der Waals surface area (Å²) in [6.07, 6.45) is 1.11. The summed E-state index contributed by atoms with van der Waals surface area (Å²) in [7, 11) is 0. The smallest absolute Gasteiger partial charge is 0.191 e. The van der Waals surface area contributed by atoms with Gasteiger partial charge in [-0.15, -0.1) is 24.0 Å². The van der Waals surface area contributed by atoms with Crippen molar-refractivity contribution in [2.45, 2.75) is 25.7 Å². The molecule has 5 heteroatoms. The van der Waals surface area contributed by atoms with Crippen LogP contribution in [0.1, 0.15) is 25.8 Å². The molecule has 1 aliphatic heterocycles. The van der Waals surface area contributed by atoms with Gasteiger partial charge in [-0.3, -0.25) is 4.99 Å². The average molecular weight is 394 g/mol. The van der Waals surface area contributed by atoms with Crippen LogP contribution >= 0.6 is 35.6 Å². The fourth-order valence-electron chi connectivity index (χ4n) is 2.06. The number of guanidine groups is 1. The molecule has 2 rings (SSSR count). The standard InChI is InChI=1S/C14H20ClN3.HI/c1-14(2,11-6-3-4-7-12(11)15)10-18-13-16-8-5-9-17-13;/h3-4,6-7H,5,8-10H2,1-2H3,(H2,16,17,18);1H. The summed E-state index contributed by atoms with van der Waals surface area (Å²) in [5.41, 5.74) is 1.13. The van der Waals surface area contributed by atoms with Gasteiger partial charge >= 0.3 is 0 Å². The molecule has 1 heterocycles. The molecule has 0 radical (unpaired) electrons. The van der Waals surface area contributed by atoms with E-state index < -0.39 is 0 Å². The minimum absolute atomic E-state index is 0. The quantitative estimate of drug-likeness (QED) is 0.774. The van der Waals surface area contributed by atoms with Crippen molar-refractivity contribution in [1.29, 1.82) is 0 Å². The van der Waals surface area contributed by atoms with Gasteiger partial charge in [0.1, 0.15) is 0 Å². The Morgan fingerprint density at radius 1 is 1.37 bits per heavy atom. The summed E-state index contributed by atoms with van der Waals surface area (Å²) < 4.78 is 0. The van der Waals surface area contributed by atoms with Gasteiger partial charge in [0.25, 0.3) is 0 Å². The summed E-state index contributed by atoms with van der Waals surface area (Å²) in [6.45, 7) is 7.08. The monoisotopic (exact) mass is 393 g/mol. The maximum atomic E-state index is 6.26. The lowest BCUT2D eigenvalue weighted by Crippen LogP contribution is -2.45. The van der Waals surface area contributed by atoms with E-state index in [4.69, 9.17) is 11.6 Å². The van der Waals surface area contributed by atoms with Crippen molar-refractivity contribution < 1.29 is 0 Å². The predicted molar refractivity (Wildman–Crippen MR) is 92.8 cm³/mol. The molecule has 0 unspecified atom stereocenters. The molecule has 3 nitrogen and oxygen atoms in total. The third kappa shape index (κ3) is 4.53. The van der Waals surface area contributed by atoms with E-state index in [1.54, 1.807) is 0 Å². The van der Waals surface area contributed by atoms with Gasteiger partial charge in [0.15, 0.2) is 5.96 Å². The van der Waals surface area contributed by atoms with E-state index in [1.165, 1.54) is 0 Å². The second kappa shape index (κ2) is 7.33. The number of nitrogens with one attached hydrogen (secondary N) is 2. The largest absolute Gasteiger partial charge is 0.356 e. The van der Waals surface area contributed by atoms with Crippen LogP contribution in [-0.4, -0.2) is 25.6 Å². The third-order valence-corrected chi connectivity index (χ3v) is 3.53. The van der Waals surface area contributed by atoms with Gasteiger partial charge < -0.3 is 10.6 Å². The summed E-state index contributed by atoms with van der Waals surface area (Å²) >= 11 is 6.26. The first kappa shape index (κ1) is 16.6. The molecule has 0 amide bonds. The molecule has 1 aliphatic rings. The van der Waals surface area contributed by atoms with Crippen LogP contribution in [-0.2, 0) is 5.41 Å². The normalized spacial score (nSPS) is 15.0. The number of hydrogen-bond donors (Lipinski definition) is 2. The van der Waals surface area contributed by atoms with Crippen molar-refractivity contribution >= 4 is 41.5 Å². The van der Waals surface area contributed by atoms with Crippen molar-refractivity contribution in [3.8, 4) is 0 Å². The number of halogens is 2. The van der Waals surface area contributed by atoms with E-state index in [0.717, 1.165) is 42.6 Å². The van der Waals surface area contributed by atoms with Gasteiger partial charge in [-0.1, -0.05) is 43.6 Å². The van der Waals surface area contributed by atoms with E-state index in [0.29, 0.717) is 0 Å². The fraction of sp³-hybridized carbons (Fsp3) is 0.500. The van der Waals surface area contributed by atoms with E-state index in [2.05, 4.69) is 35.5 Å². The molecule has 0 spiro atoms. The van der Waals surface area contributed by atoms with Crippen molar-refractivity contribution in [2.24, 2.45) is 4.99 Å².